The third-order valence-electron chi connectivity index (χ3n) is 3.32. The van der Waals surface area contributed by atoms with E-state index in [2.05, 4.69) is 28.7 Å². The zero-order valence-electron chi connectivity index (χ0n) is 11.7. The monoisotopic (exact) mass is 265 g/mol. The molecule has 1 atom stereocenters. The molecule has 5 heteroatoms. The van der Waals surface area contributed by atoms with Crippen molar-refractivity contribution < 1.29 is 9.84 Å². The molecule has 0 bridgehead atoms. The highest BCUT2D eigenvalue weighted by Gasteiger charge is 2.21. The van der Waals surface area contributed by atoms with Crippen LogP contribution in [-0.4, -0.2) is 47.5 Å². The fourth-order valence-corrected chi connectivity index (χ4v) is 2.32. The van der Waals surface area contributed by atoms with Crippen LogP contribution in [0.4, 0.5) is 5.82 Å². The molecule has 0 radical (unpaired) electrons. The zero-order valence-corrected chi connectivity index (χ0v) is 11.7. The Kier molecular flexibility index (Phi) is 5.10. The maximum atomic E-state index is 8.82. The number of aromatic nitrogens is 2. The van der Waals surface area contributed by atoms with Gasteiger partial charge in [-0.25, -0.2) is 9.97 Å². The predicted molar refractivity (Wildman–Crippen MR) is 74.4 cm³/mol. The van der Waals surface area contributed by atoms with E-state index in [9.17, 15) is 0 Å². The van der Waals surface area contributed by atoms with Crippen LogP contribution in [0.2, 0.25) is 0 Å². The van der Waals surface area contributed by atoms with Crippen LogP contribution in [0.25, 0.3) is 0 Å². The Labute approximate surface area is 114 Å². The SMILES string of the molecule is CC(C)c1nccc(N2CCCC(OCCO)C2)n1. The summed E-state index contributed by atoms with van der Waals surface area (Å²) >= 11 is 0. The molecule has 1 aromatic heterocycles. The first-order valence-electron chi connectivity index (χ1n) is 7.01. The molecule has 1 aliphatic heterocycles. The van der Waals surface area contributed by atoms with Crippen LogP contribution >= 0.6 is 0 Å². The molecule has 2 rings (SSSR count). The minimum atomic E-state index is 0.0848. The van der Waals surface area contributed by atoms with Crippen molar-refractivity contribution >= 4 is 5.82 Å². The summed E-state index contributed by atoms with van der Waals surface area (Å²) in [5, 5.41) is 8.82. The van der Waals surface area contributed by atoms with Crippen LogP contribution in [0, 0.1) is 0 Å². The van der Waals surface area contributed by atoms with E-state index in [-0.39, 0.29) is 12.7 Å². The van der Waals surface area contributed by atoms with Gasteiger partial charge in [0, 0.05) is 25.2 Å². The Bertz CT molecular complexity index is 398. The first-order chi connectivity index (χ1) is 9.20. The maximum absolute atomic E-state index is 8.82. The lowest BCUT2D eigenvalue weighted by atomic mass is 10.1. The molecule has 1 fully saturated rings. The highest BCUT2D eigenvalue weighted by atomic mass is 16.5. The Morgan fingerprint density at radius 2 is 2.37 bits per heavy atom. The summed E-state index contributed by atoms with van der Waals surface area (Å²) in [7, 11) is 0. The van der Waals surface area contributed by atoms with Crippen molar-refractivity contribution in [2.75, 3.05) is 31.2 Å². The van der Waals surface area contributed by atoms with Gasteiger partial charge in [-0.2, -0.15) is 0 Å². The van der Waals surface area contributed by atoms with Crippen molar-refractivity contribution in [3.05, 3.63) is 18.1 Å². The highest BCUT2D eigenvalue weighted by molar-refractivity contribution is 5.38. The van der Waals surface area contributed by atoms with E-state index in [1.807, 2.05) is 12.3 Å². The van der Waals surface area contributed by atoms with Gasteiger partial charge < -0.3 is 14.7 Å². The molecular weight excluding hydrogens is 242 g/mol. The molecule has 5 nitrogen and oxygen atoms in total. The molecule has 106 valence electrons. The third-order valence-corrected chi connectivity index (χ3v) is 3.32. The van der Waals surface area contributed by atoms with Gasteiger partial charge in [0.15, 0.2) is 0 Å². The summed E-state index contributed by atoms with van der Waals surface area (Å²) in [4.78, 5) is 11.2. The predicted octanol–water partition coefficient (Wildman–Crippen LogP) is 1.58. The second-order valence-electron chi connectivity index (χ2n) is 5.23. The Morgan fingerprint density at radius 3 is 3.11 bits per heavy atom. The molecule has 0 spiro atoms. The zero-order chi connectivity index (χ0) is 13.7. The molecule has 1 unspecified atom stereocenters. The summed E-state index contributed by atoms with van der Waals surface area (Å²) in [6, 6.07) is 1.96. The molecule has 2 heterocycles. The first kappa shape index (κ1) is 14.2. The first-order valence-corrected chi connectivity index (χ1v) is 7.01. The van der Waals surface area contributed by atoms with Crippen molar-refractivity contribution in [2.24, 2.45) is 0 Å². The number of ether oxygens (including phenoxy) is 1. The highest BCUT2D eigenvalue weighted by Crippen LogP contribution is 2.20. The van der Waals surface area contributed by atoms with Gasteiger partial charge in [0.2, 0.25) is 0 Å². The summed E-state index contributed by atoms with van der Waals surface area (Å²) in [6.07, 6.45) is 4.17. The summed E-state index contributed by atoms with van der Waals surface area (Å²) in [6.45, 7) is 6.55. The Morgan fingerprint density at radius 1 is 1.53 bits per heavy atom. The molecule has 0 saturated carbocycles. The third kappa shape index (κ3) is 3.88. The van der Waals surface area contributed by atoms with Crippen molar-refractivity contribution in [3.63, 3.8) is 0 Å². The van der Waals surface area contributed by atoms with Gasteiger partial charge >= 0.3 is 0 Å². The number of piperidine rings is 1. The van der Waals surface area contributed by atoms with Crippen LogP contribution < -0.4 is 4.90 Å². The van der Waals surface area contributed by atoms with Crippen LogP contribution in [0.5, 0.6) is 0 Å². The van der Waals surface area contributed by atoms with Crippen LogP contribution in [0.1, 0.15) is 38.4 Å². The van der Waals surface area contributed by atoms with E-state index in [1.54, 1.807) is 0 Å². The number of hydrogen-bond acceptors (Lipinski definition) is 5. The van der Waals surface area contributed by atoms with Gasteiger partial charge in [-0.05, 0) is 18.9 Å². The van der Waals surface area contributed by atoms with Crippen LogP contribution in [0.3, 0.4) is 0 Å². The van der Waals surface area contributed by atoms with E-state index in [0.717, 1.165) is 37.6 Å². The lowest BCUT2D eigenvalue weighted by Gasteiger charge is -2.33. The second-order valence-corrected chi connectivity index (χ2v) is 5.23. The van der Waals surface area contributed by atoms with Gasteiger partial charge in [-0.15, -0.1) is 0 Å². The van der Waals surface area contributed by atoms with Gasteiger partial charge in [0.1, 0.15) is 11.6 Å². The quantitative estimate of drug-likeness (QED) is 0.876. The van der Waals surface area contributed by atoms with Gasteiger partial charge in [0.25, 0.3) is 0 Å². The van der Waals surface area contributed by atoms with E-state index in [4.69, 9.17) is 9.84 Å². The average molecular weight is 265 g/mol. The Balaban J connectivity index is 2.02. The number of hydrogen-bond donors (Lipinski definition) is 1. The van der Waals surface area contributed by atoms with E-state index < -0.39 is 0 Å². The lowest BCUT2D eigenvalue weighted by molar-refractivity contribution is 0.0213. The number of aliphatic hydroxyl groups is 1. The molecular formula is C14H23N3O2. The summed E-state index contributed by atoms with van der Waals surface area (Å²) < 4.78 is 5.63. The average Bonchev–Trinajstić information content (AvgIpc) is 2.45. The molecule has 1 aromatic rings. The molecule has 1 aliphatic rings. The number of rotatable bonds is 5. The van der Waals surface area contributed by atoms with Crippen LogP contribution in [-0.2, 0) is 4.74 Å². The van der Waals surface area contributed by atoms with Crippen molar-refractivity contribution in [1.82, 2.24) is 9.97 Å². The number of aliphatic hydroxyl groups excluding tert-OH is 1. The standard InChI is InChI=1S/C14H23N3O2/c1-11(2)14-15-6-5-13(16-14)17-7-3-4-12(10-17)19-9-8-18/h5-6,11-12,18H,3-4,7-10H2,1-2H3. The molecule has 1 N–H and O–H groups in total. The smallest absolute Gasteiger partial charge is 0.133 e. The fraction of sp³-hybridized carbons (Fsp3) is 0.714. The van der Waals surface area contributed by atoms with Crippen molar-refractivity contribution in [2.45, 2.75) is 38.7 Å². The van der Waals surface area contributed by atoms with Crippen molar-refractivity contribution in [3.8, 4) is 0 Å². The minimum absolute atomic E-state index is 0.0848. The normalized spacial score (nSPS) is 20.0. The van der Waals surface area contributed by atoms with Crippen LogP contribution in [0.15, 0.2) is 12.3 Å². The van der Waals surface area contributed by atoms with Gasteiger partial charge in [0.05, 0.1) is 19.3 Å². The molecule has 1 saturated heterocycles. The Hall–Kier alpha value is -1.20. The minimum Gasteiger partial charge on any atom is -0.394 e. The molecule has 0 aliphatic carbocycles. The largest absolute Gasteiger partial charge is 0.394 e. The molecule has 19 heavy (non-hydrogen) atoms. The number of anilines is 1. The lowest BCUT2D eigenvalue weighted by Crippen LogP contribution is -2.40. The van der Waals surface area contributed by atoms with Gasteiger partial charge in [-0.3, -0.25) is 0 Å². The fourth-order valence-electron chi connectivity index (χ4n) is 2.32. The second kappa shape index (κ2) is 6.82. The van der Waals surface area contributed by atoms with Gasteiger partial charge in [-0.1, -0.05) is 13.8 Å². The van der Waals surface area contributed by atoms with E-state index in [0.29, 0.717) is 12.5 Å². The van der Waals surface area contributed by atoms with E-state index >= 15 is 0 Å². The van der Waals surface area contributed by atoms with Crippen molar-refractivity contribution in [1.29, 1.82) is 0 Å². The van der Waals surface area contributed by atoms with E-state index in [1.165, 1.54) is 0 Å². The topological polar surface area (TPSA) is 58.5 Å². The molecule has 0 amide bonds. The summed E-state index contributed by atoms with van der Waals surface area (Å²) in [5.41, 5.74) is 0. The molecule has 0 aromatic carbocycles. The maximum Gasteiger partial charge on any atom is 0.133 e. The number of nitrogens with zero attached hydrogens (tertiary/aromatic N) is 3. The summed E-state index contributed by atoms with van der Waals surface area (Å²) in [5.74, 6) is 2.21.